The Morgan fingerprint density at radius 3 is 2.56 bits per heavy atom. The van der Waals surface area contributed by atoms with E-state index in [0.29, 0.717) is 0 Å². The maximum Gasteiger partial charge on any atom is 0.330 e. The molecular weight excluding hydrogens is 324 g/mol. The van der Waals surface area contributed by atoms with Crippen molar-refractivity contribution in [1.29, 1.82) is 0 Å². The molecule has 0 saturated carbocycles. The molecule has 7 heteroatoms. The fraction of sp³-hybridized carbons (Fsp3) is 0.500. The van der Waals surface area contributed by atoms with Crippen molar-refractivity contribution in [2.24, 2.45) is 0 Å². The predicted molar refractivity (Wildman–Crippen MR) is 90.7 cm³/mol. The first-order valence-electron chi connectivity index (χ1n) is 8.02. The Balaban J connectivity index is 2.33. The SMILES string of the molecule is COC(=O)C(C)(C)NC(=O)[C@H]1OCC(=O)N(C)[C@@H]1c1ccccc1C. The maximum atomic E-state index is 12.8. The molecule has 1 aliphatic heterocycles. The molecule has 1 aromatic rings. The van der Waals surface area contributed by atoms with Gasteiger partial charge in [0.05, 0.1) is 13.2 Å². The van der Waals surface area contributed by atoms with Gasteiger partial charge in [0.15, 0.2) is 6.10 Å². The molecule has 1 saturated heterocycles. The number of aryl methyl sites for hydroxylation is 1. The van der Waals surface area contributed by atoms with Crippen molar-refractivity contribution in [2.45, 2.75) is 38.5 Å². The van der Waals surface area contributed by atoms with E-state index in [0.717, 1.165) is 11.1 Å². The Morgan fingerprint density at radius 2 is 1.96 bits per heavy atom. The van der Waals surface area contributed by atoms with Gasteiger partial charge < -0.3 is 19.7 Å². The van der Waals surface area contributed by atoms with E-state index in [4.69, 9.17) is 9.47 Å². The van der Waals surface area contributed by atoms with E-state index in [-0.39, 0.29) is 12.5 Å². The van der Waals surface area contributed by atoms with E-state index in [1.165, 1.54) is 12.0 Å². The maximum absolute atomic E-state index is 12.8. The zero-order chi connectivity index (χ0) is 18.8. The third-order valence-electron chi connectivity index (χ3n) is 4.38. The summed E-state index contributed by atoms with van der Waals surface area (Å²) in [4.78, 5) is 38.2. The minimum absolute atomic E-state index is 0.185. The number of carbonyl (C=O) groups is 3. The third-order valence-corrected chi connectivity index (χ3v) is 4.38. The van der Waals surface area contributed by atoms with Crippen LogP contribution in [0.3, 0.4) is 0 Å². The van der Waals surface area contributed by atoms with Crippen LogP contribution in [0.15, 0.2) is 24.3 Å². The number of carbonyl (C=O) groups excluding carboxylic acids is 3. The Morgan fingerprint density at radius 1 is 1.32 bits per heavy atom. The molecule has 0 bridgehead atoms. The van der Waals surface area contributed by atoms with Crippen molar-refractivity contribution in [2.75, 3.05) is 20.8 Å². The summed E-state index contributed by atoms with van der Waals surface area (Å²) in [7, 11) is 2.91. The molecule has 2 rings (SSSR count). The molecule has 1 fully saturated rings. The highest BCUT2D eigenvalue weighted by molar-refractivity contribution is 5.91. The summed E-state index contributed by atoms with van der Waals surface area (Å²) in [5.41, 5.74) is 0.572. The second-order valence-electron chi connectivity index (χ2n) is 6.64. The minimum Gasteiger partial charge on any atom is -0.467 e. The normalized spacial score (nSPS) is 21.0. The number of methoxy groups -OCH3 is 1. The number of amides is 2. The zero-order valence-electron chi connectivity index (χ0n) is 15.2. The van der Waals surface area contributed by atoms with Gasteiger partial charge in [-0.05, 0) is 31.9 Å². The van der Waals surface area contributed by atoms with E-state index in [2.05, 4.69) is 5.32 Å². The third kappa shape index (κ3) is 3.82. The standard InChI is InChI=1S/C18H24N2O5/c1-11-8-6-7-9-12(11)14-15(25-10-13(21)20(14)4)16(22)19-18(2,3)17(23)24-5/h6-9,14-15H,10H2,1-5H3,(H,19,22)/t14-,15+/m1/s1. The second kappa shape index (κ2) is 7.23. The van der Waals surface area contributed by atoms with Gasteiger partial charge in [-0.1, -0.05) is 24.3 Å². The molecule has 1 N–H and O–H groups in total. The van der Waals surface area contributed by atoms with Crippen LogP contribution in [0.25, 0.3) is 0 Å². The van der Waals surface area contributed by atoms with Gasteiger partial charge in [-0.25, -0.2) is 4.79 Å². The zero-order valence-corrected chi connectivity index (χ0v) is 15.2. The molecule has 1 aliphatic rings. The Labute approximate surface area is 147 Å². The van der Waals surface area contributed by atoms with E-state index in [9.17, 15) is 14.4 Å². The molecule has 0 aromatic heterocycles. The molecule has 2 atom stereocenters. The van der Waals surface area contributed by atoms with Crippen LogP contribution in [0.1, 0.15) is 31.0 Å². The quantitative estimate of drug-likeness (QED) is 0.820. The summed E-state index contributed by atoms with van der Waals surface area (Å²) < 4.78 is 10.3. The number of nitrogens with zero attached hydrogens (tertiary/aromatic N) is 1. The highest BCUT2D eigenvalue weighted by atomic mass is 16.5. The topological polar surface area (TPSA) is 84.9 Å². The number of benzene rings is 1. The van der Waals surface area contributed by atoms with Gasteiger partial charge in [0.1, 0.15) is 12.1 Å². The van der Waals surface area contributed by atoms with Crippen LogP contribution in [0.2, 0.25) is 0 Å². The second-order valence-corrected chi connectivity index (χ2v) is 6.64. The number of nitrogens with one attached hydrogen (secondary N) is 1. The lowest BCUT2D eigenvalue weighted by atomic mass is 9.93. The van der Waals surface area contributed by atoms with Crippen LogP contribution >= 0.6 is 0 Å². The van der Waals surface area contributed by atoms with Crippen LogP contribution in [0.5, 0.6) is 0 Å². The van der Waals surface area contributed by atoms with E-state index in [1.54, 1.807) is 20.9 Å². The number of hydrogen-bond donors (Lipinski definition) is 1. The molecule has 0 spiro atoms. The van der Waals surface area contributed by atoms with Crippen molar-refractivity contribution >= 4 is 17.8 Å². The highest BCUT2D eigenvalue weighted by Crippen LogP contribution is 2.31. The van der Waals surface area contributed by atoms with Crippen molar-refractivity contribution in [1.82, 2.24) is 10.2 Å². The van der Waals surface area contributed by atoms with Crippen molar-refractivity contribution < 1.29 is 23.9 Å². The molecule has 1 aromatic carbocycles. The van der Waals surface area contributed by atoms with Crippen LogP contribution in [0.4, 0.5) is 0 Å². The van der Waals surface area contributed by atoms with Crippen LogP contribution in [-0.4, -0.2) is 55.1 Å². The molecule has 25 heavy (non-hydrogen) atoms. The monoisotopic (exact) mass is 348 g/mol. The van der Waals surface area contributed by atoms with Crippen LogP contribution in [0, 0.1) is 6.92 Å². The summed E-state index contributed by atoms with van der Waals surface area (Å²) >= 11 is 0. The summed E-state index contributed by atoms with van der Waals surface area (Å²) in [6.45, 7) is 4.83. The van der Waals surface area contributed by atoms with E-state index < -0.39 is 29.6 Å². The molecule has 0 unspecified atom stereocenters. The fourth-order valence-corrected chi connectivity index (χ4v) is 2.91. The molecule has 0 aliphatic carbocycles. The van der Waals surface area contributed by atoms with E-state index >= 15 is 0 Å². The number of ether oxygens (including phenoxy) is 2. The first-order chi connectivity index (χ1) is 11.7. The average Bonchev–Trinajstić information content (AvgIpc) is 2.56. The first-order valence-corrected chi connectivity index (χ1v) is 8.02. The molecule has 2 amide bonds. The van der Waals surface area contributed by atoms with Crippen LogP contribution < -0.4 is 5.32 Å². The van der Waals surface area contributed by atoms with Crippen molar-refractivity contribution in [3.05, 3.63) is 35.4 Å². The lowest BCUT2D eigenvalue weighted by molar-refractivity contribution is -0.165. The van der Waals surface area contributed by atoms with Crippen molar-refractivity contribution in [3.63, 3.8) is 0 Å². The fourth-order valence-electron chi connectivity index (χ4n) is 2.91. The van der Waals surface area contributed by atoms with Gasteiger partial charge in [0, 0.05) is 7.05 Å². The Kier molecular flexibility index (Phi) is 5.47. The van der Waals surface area contributed by atoms with Gasteiger partial charge in [0.25, 0.3) is 5.91 Å². The van der Waals surface area contributed by atoms with E-state index in [1.807, 2.05) is 31.2 Å². The first kappa shape index (κ1) is 18.9. The number of hydrogen-bond acceptors (Lipinski definition) is 5. The summed E-state index contributed by atoms with van der Waals surface area (Å²) in [6.07, 6.45) is -0.923. The lowest BCUT2D eigenvalue weighted by Gasteiger charge is -2.39. The number of morpholine rings is 1. The van der Waals surface area contributed by atoms with Gasteiger partial charge >= 0.3 is 5.97 Å². The minimum atomic E-state index is -1.20. The smallest absolute Gasteiger partial charge is 0.330 e. The summed E-state index contributed by atoms with van der Waals surface area (Å²) in [5, 5.41) is 2.65. The molecule has 136 valence electrons. The van der Waals surface area contributed by atoms with Crippen LogP contribution in [-0.2, 0) is 23.9 Å². The number of likely N-dealkylation sites (N-methyl/N-ethyl adjacent to an activating group) is 1. The summed E-state index contributed by atoms with van der Waals surface area (Å²) in [5.74, 6) is -1.24. The Hall–Kier alpha value is -2.41. The molecular formula is C18H24N2O5. The Bertz CT molecular complexity index is 686. The molecule has 7 nitrogen and oxygen atoms in total. The lowest BCUT2D eigenvalue weighted by Crippen LogP contribution is -2.58. The largest absolute Gasteiger partial charge is 0.467 e. The molecule has 0 radical (unpaired) electrons. The van der Waals surface area contributed by atoms with Gasteiger partial charge in [-0.3, -0.25) is 9.59 Å². The van der Waals surface area contributed by atoms with Gasteiger partial charge in [-0.2, -0.15) is 0 Å². The number of esters is 1. The van der Waals surface area contributed by atoms with Crippen molar-refractivity contribution in [3.8, 4) is 0 Å². The summed E-state index contributed by atoms with van der Waals surface area (Å²) in [6, 6.07) is 6.94. The van der Waals surface area contributed by atoms with Gasteiger partial charge in [0.2, 0.25) is 5.91 Å². The van der Waals surface area contributed by atoms with Gasteiger partial charge in [-0.15, -0.1) is 0 Å². The number of rotatable bonds is 4. The highest BCUT2D eigenvalue weighted by Gasteiger charge is 2.43. The average molecular weight is 348 g/mol. The predicted octanol–water partition coefficient (Wildman–Crippen LogP) is 0.961. The molecule has 1 heterocycles.